The maximum absolute atomic E-state index is 12.1. The maximum Gasteiger partial charge on any atom is 0.418 e. The van der Waals surface area contributed by atoms with E-state index in [0.717, 1.165) is 4.90 Å². The molecular weight excluding hydrogens is 308 g/mol. The van der Waals surface area contributed by atoms with E-state index in [-0.39, 0.29) is 12.2 Å². The molecule has 2 N–H and O–H groups in total. The largest absolute Gasteiger partial charge is 0.479 e. The second kappa shape index (κ2) is 4.16. The van der Waals surface area contributed by atoms with Crippen molar-refractivity contribution >= 4 is 22.4 Å². The van der Waals surface area contributed by atoms with E-state index in [1.54, 1.807) is 0 Å². The number of carboxylic acid groups (broad SMARTS) is 1. The zero-order chi connectivity index (χ0) is 15.5. The molecule has 0 unspecified atom stereocenters. The van der Waals surface area contributed by atoms with Crippen molar-refractivity contribution < 1.29 is 31.9 Å². The van der Waals surface area contributed by atoms with E-state index in [9.17, 15) is 23.1 Å². The summed E-state index contributed by atoms with van der Waals surface area (Å²) in [5.74, 6) is -1.28. The van der Waals surface area contributed by atoms with E-state index in [2.05, 4.69) is 9.38 Å². The summed E-state index contributed by atoms with van der Waals surface area (Å²) in [6, 6.07) is -3.12. The lowest BCUT2D eigenvalue weighted by molar-refractivity contribution is -0.142. The SMILES string of the molecule is Cn1ncc2c1[C@@H](C(=O)O)N1C[C@H]2N(OS(=O)(=O)O)C1=O. The van der Waals surface area contributed by atoms with Gasteiger partial charge in [-0.3, -0.25) is 9.23 Å². The third kappa shape index (κ3) is 1.95. The van der Waals surface area contributed by atoms with E-state index in [1.165, 1.54) is 17.9 Å². The monoisotopic (exact) mass is 318 g/mol. The maximum atomic E-state index is 12.1. The molecule has 2 aliphatic heterocycles. The molecule has 1 fully saturated rings. The minimum atomic E-state index is -4.91. The first-order valence-corrected chi connectivity index (χ1v) is 7.08. The second-order valence-electron chi connectivity index (χ2n) is 4.63. The number of nitrogens with zero attached hydrogens (tertiary/aromatic N) is 4. The third-order valence-electron chi connectivity index (χ3n) is 3.44. The summed E-state index contributed by atoms with van der Waals surface area (Å²) in [6.07, 6.45) is 1.34. The number of hydrogen-bond acceptors (Lipinski definition) is 6. The number of aliphatic carboxylic acids is 1. The quantitative estimate of drug-likeness (QED) is 0.681. The van der Waals surface area contributed by atoms with Crippen LogP contribution >= 0.6 is 0 Å². The van der Waals surface area contributed by atoms with E-state index in [4.69, 9.17) is 4.55 Å². The molecule has 1 aromatic heterocycles. The zero-order valence-corrected chi connectivity index (χ0v) is 11.4. The van der Waals surface area contributed by atoms with Gasteiger partial charge >= 0.3 is 22.4 Å². The summed E-state index contributed by atoms with van der Waals surface area (Å²) in [5, 5.41) is 13.7. The van der Waals surface area contributed by atoms with Gasteiger partial charge in [0, 0.05) is 12.6 Å². The fraction of sp³-hybridized carbons (Fsp3) is 0.444. The Labute approximate surface area is 118 Å². The number of aryl methyl sites for hydroxylation is 1. The van der Waals surface area contributed by atoms with Crippen molar-refractivity contribution in [3.63, 3.8) is 0 Å². The van der Waals surface area contributed by atoms with Crippen LogP contribution in [0.4, 0.5) is 4.79 Å². The van der Waals surface area contributed by atoms with Crippen LogP contribution in [0.2, 0.25) is 0 Å². The topological polar surface area (TPSA) is 142 Å². The highest BCUT2D eigenvalue weighted by Crippen LogP contribution is 2.43. The van der Waals surface area contributed by atoms with Crippen LogP contribution in [-0.4, -0.2) is 56.4 Å². The van der Waals surface area contributed by atoms with Gasteiger partial charge in [0.05, 0.1) is 18.4 Å². The molecule has 114 valence electrons. The van der Waals surface area contributed by atoms with Crippen molar-refractivity contribution in [3.05, 3.63) is 17.5 Å². The summed E-state index contributed by atoms with van der Waals surface area (Å²) >= 11 is 0. The summed E-state index contributed by atoms with van der Waals surface area (Å²) in [7, 11) is -3.40. The predicted molar refractivity (Wildman–Crippen MR) is 62.9 cm³/mol. The van der Waals surface area contributed by atoms with Gasteiger partial charge in [-0.05, 0) is 0 Å². The average molecular weight is 318 g/mol. The molecule has 0 radical (unpaired) electrons. The molecule has 0 aliphatic carbocycles. The Bertz CT molecular complexity index is 741. The Morgan fingerprint density at radius 3 is 2.76 bits per heavy atom. The van der Waals surface area contributed by atoms with Gasteiger partial charge in [-0.25, -0.2) is 9.59 Å². The van der Waals surface area contributed by atoms with Gasteiger partial charge < -0.3 is 10.0 Å². The van der Waals surface area contributed by atoms with Crippen LogP contribution in [0.15, 0.2) is 6.20 Å². The van der Waals surface area contributed by atoms with Gasteiger partial charge in [0.25, 0.3) is 0 Å². The summed E-state index contributed by atoms with van der Waals surface area (Å²) in [5.41, 5.74) is 0.615. The number of amides is 2. The highest BCUT2D eigenvalue weighted by Gasteiger charge is 2.53. The van der Waals surface area contributed by atoms with Gasteiger partial charge in [0.2, 0.25) is 0 Å². The molecule has 1 saturated heterocycles. The summed E-state index contributed by atoms with van der Waals surface area (Å²) in [6.45, 7) is -0.0794. The van der Waals surface area contributed by atoms with Crippen LogP contribution in [-0.2, 0) is 26.5 Å². The molecule has 2 amide bonds. The number of carbonyl (C=O) groups excluding carboxylic acids is 1. The number of urea groups is 1. The fourth-order valence-corrected chi connectivity index (χ4v) is 3.05. The van der Waals surface area contributed by atoms with Crippen molar-refractivity contribution in [2.75, 3.05) is 6.54 Å². The first-order chi connectivity index (χ1) is 9.70. The van der Waals surface area contributed by atoms with Crippen LogP contribution in [0.1, 0.15) is 23.3 Å². The molecule has 3 heterocycles. The average Bonchev–Trinajstić information content (AvgIpc) is 2.84. The smallest absolute Gasteiger partial charge is 0.418 e. The zero-order valence-electron chi connectivity index (χ0n) is 10.6. The minimum absolute atomic E-state index is 0.0794. The summed E-state index contributed by atoms with van der Waals surface area (Å²) in [4.78, 5) is 24.5. The van der Waals surface area contributed by atoms with Crippen LogP contribution in [0, 0.1) is 0 Å². The molecule has 1 aromatic rings. The molecule has 2 bridgehead atoms. The lowest BCUT2D eigenvalue weighted by Gasteiger charge is -2.27. The normalized spacial score (nSPS) is 24.4. The predicted octanol–water partition coefficient (Wildman–Crippen LogP) is -0.927. The van der Waals surface area contributed by atoms with Gasteiger partial charge in [-0.2, -0.15) is 18.6 Å². The van der Waals surface area contributed by atoms with Crippen molar-refractivity contribution in [2.24, 2.45) is 7.05 Å². The van der Waals surface area contributed by atoms with Crippen LogP contribution in [0.25, 0.3) is 0 Å². The standard InChI is InChI=1S/C9H10N4O7S/c1-11-6-4(2-10-11)5-3-12(7(6)8(14)15)9(16)13(5)20-21(17,18)19/h2,5,7H,3H2,1H3,(H,14,15)(H,17,18,19)/t5-,7+/m1/s1. The van der Waals surface area contributed by atoms with Crippen molar-refractivity contribution in [3.8, 4) is 0 Å². The van der Waals surface area contributed by atoms with Gasteiger partial charge in [-0.1, -0.05) is 0 Å². The Balaban J connectivity index is 2.12. The second-order valence-corrected chi connectivity index (χ2v) is 5.63. The Kier molecular flexibility index (Phi) is 2.73. The van der Waals surface area contributed by atoms with E-state index >= 15 is 0 Å². The Hall–Kier alpha value is -2.18. The first kappa shape index (κ1) is 13.8. The number of rotatable bonds is 3. The Morgan fingerprint density at radius 2 is 2.19 bits per heavy atom. The van der Waals surface area contributed by atoms with Crippen LogP contribution < -0.4 is 0 Å². The molecule has 11 nitrogen and oxygen atoms in total. The minimum Gasteiger partial charge on any atom is -0.479 e. The van der Waals surface area contributed by atoms with E-state index in [1.807, 2.05) is 0 Å². The van der Waals surface area contributed by atoms with E-state index in [0.29, 0.717) is 10.6 Å². The van der Waals surface area contributed by atoms with E-state index < -0.39 is 34.5 Å². The summed E-state index contributed by atoms with van der Waals surface area (Å²) < 4.78 is 36.0. The first-order valence-electron chi connectivity index (χ1n) is 5.72. The molecule has 0 saturated carbocycles. The fourth-order valence-electron chi connectivity index (χ4n) is 2.68. The van der Waals surface area contributed by atoms with Crippen molar-refractivity contribution in [2.45, 2.75) is 12.1 Å². The van der Waals surface area contributed by atoms with Crippen molar-refractivity contribution in [1.29, 1.82) is 0 Å². The highest BCUT2D eigenvalue weighted by atomic mass is 32.3. The molecule has 21 heavy (non-hydrogen) atoms. The molecule has 0 spiro atoms. The van der Waals surface area contributed by atoms with Gasteiger partial charge in [0.1, 0.15) is 6.04 Å². The molecule has 2 atom stereocenters. The number of hydroxylamine groups is 2. The Morgan fingerprint density at radius 1 is 1.52 bits per heavy atom. The molecule has 0 aromatic carbocycles. The molecule has 12 heteroatoms. The number of carbonyl (C=O) groups is 2. The number of hydrogen-bond donors (Lipinski definition) is 2. The lowest BCUT2D eigenvalue weighted by atomic mass is 9.98. The van der Waals surface area contributed by atoms with Crippen LogP contribution in [0.3, 0.4) is 0 Å². The molecular formula is C9H10N4O7S. The molecule has 3 rings (SSSR count). The van der Waals surface area contributed by atoms with Crippen LogP contribution in [0.5, 0.6) is 0 Å². The molecule has 2 aliphatic rings. The van der Waals surface area contributed by atoms with Crippen molar-refractivity contribution in [1.82, 2.24) is 19.7 Å². The third-order valence-corrected chi connectivity index (χ3v) is 3.79. The van der Waals surface area contributed by atoms with Gasteiger partial charge in [-0.15, -0.1) is 4.28 Å². The van der Waals surface area contributed by atoms with Gasteiger partial charge in [0.15, 0.2) is 6.04 Å². The lowest BCUT2D eigenvalue weighted by Crippen LogP contribution is -2.39. The number of aromatic nitrogens is 2. The number of fused-ring (bicyclic) bond motifs is 4. The number of carboxylic acids is 1. The highest BCUT2D eigenvalue weighted by molar-refractivity contribution is 7.80.